The second kappa shape index (κ2) is 10.5. The van der Waals surface area contributed by atoms with Crippen LogP contribution in [0.5, 0.6) is 0 Å². The zero-order valence-electron chi connectivity index (χ0n) is 17.5. The Bertz CT molecular complexity index is 1090. The topological polar surface area (TPSA) is 80.9 Å². The van der Waals surface area contributed by atoms with Crippen LogP contribution in [0.2, 0.25) is 0 Å². The zero-order valence-corrected chi connectivity index (χ0v) is 19.8. The van der Waals surface area contributed by atoms with Crippen molar-refractivity contribution in [2.24, 2.45) is 4.99 Å². The lowest BCUT2D eigenvalue weighted by Gasteiger charge is -2.11. The number of para-hydroxylation sites is 2. The van der Waals surface area contributed by atoms with Gasteiger partial charge in [-0.25, -0.2) is 4.98 Å². The Morgan fingerprint density at radius 3 is 2.70 bits per heavy atom. The molecule has 6 nitrogen and oxygen atoms in total. The number of imidazole rings is 1. The summed E-state index contributed by atoms with van der Waals surface area (Å²) in [6.07, 6.45) is 4.95. The molecule has 0 fully saturated rings. The quantitative estimate of drug-likeness (QED) is 0.128. The third-order valence-electron chi connectivity index (χ3n) is 5.15. The molecule has 0 bridgehead atoms. The Balaban J connectivity index is 0.00000256. The first kappa shape index (κ1) is 22.1. The van der Waals surface area contributed by atoms with Gasteiger partial charge in [-0.1, -0.05) is 24.3 Å². The molecule has 0 spiro atoms. The summed E-state index contributed by atoms with van der Waals surface area (Å²) < 4.78 is 0. The summed E-state index contributed by atoms with van der Waals surface area (Å²) in [6, 6.07) is 14.7. The number of benzene rings is 2. The average Bonchev–Trinajstić information content (AvgIpc) is 3.33. The molecule has 0 amide bonds. The van der Waals surface area contributed by atoms with E-state index in [1.54, 1.807) is 0 Å². The largest absolute Gasteiger partial charge is 0.361 e. The van der Waals surface area contributed by atoms with Crippen molar-refractivity contribution in [1.82, 2.24) is 25.6 Å². The summed E-state index contributed by atoms with van der Waals surface area (Å²) >= 11 is 0. The minimum absolute atomic E-state index is 0. The van der Waals surface area contributed by atoms with Crippen LogP contribution in [0.4, 0.5) is 0 Å². The predicted molar refractivity (Wildman–Crippen MR) is 136 cm³/mol. The summed E-state index contributed by atoms with van der Waals surface area (Å²) in [5, 5.41) is 8.09. The molecule has 0 saturated carbocycles. The molecule has 0 atom stereocenters. The van der Waals surface area contributed by atoms with Crippen molar-refractivity contribution in [3.63, 3.8) is 0 Å². The van der Waals surface area contributed by atoms with Crippen molar-refractivity contribution in [1.29, 1.82) is 0 Å². The first-order valence-corrected chi connectivity index (χ1v) is 10.2. The van der Waals surface area contributed by atoms with Crippen LogP contribution in [0, 0.1) is 6.92 Å². The molecule has 4 N–H and O–H groups in total. The lowest BCUT2D eigenvalue weighted by Crippen LogP contribution is -2.38. The molecule has 30 heavy (non-hydrogen) atoms. The number of hydrogen-bond donors (Lipinski definition) is 4. The highest BCUT2D eigenvalue weighted by Crippen LogP contribution is 2.19. The Labute approximate surface area is 194 Å². The number of aromatic nitrogens is 3. The molecule has 0 aliphatic carbocycles. The van der Waals surface area contributed by atoms with E-state index in [4.69, 9.17) is 0 Å². The average molecular weight is 516 g/mol. The number of aliphatic imine (C=N–C) groups is 1. The molecule has 0 aliphatic heterocycles. The van der Waals surface area contributed by atoms with Crippen LogP contribution in [-0.2, 0) is 12.8 Å². The minimum atomic E-state index is 0. The van der Waals surface area contributed by atoms with Crippen molar-refractivity contribution >= 4 is 51.9 Å². The van der Waals surface area contributed by atoms with Crippen molar-refractivity contribution in [3.05, 3.63) is 65.6 Å². The highest BCUT2D eigenvalue weighted by Gasteiger charge is 2.05. The van der Waals surface area contributed by atoms with E-state index in [2.05, 4.69) is 68.0 Å². The molecule has 2 aromatic carbocycles. The number of aromatic amines is 2. The molecule has 4 aromatic rings. The smallest absolute Gasteiger partial charge is 0.190 e. The maximum Gasteiger partial charge on any atom is 0.190 e. The van der Waals surface area contributed by atoms with Gasteiger partial charge in [-0.2, -0.15) is 0 Å². The van der Waals surface area contributed by atoms with Gasteiger partial charge in [-0.05, 0) is 49.1 Å². The van der Waals surface area contributed by atoms with Gasteiger partial charge in [0, 0.05) is 43.7 Å². The molecule has 0 unspecified atom stereocenters. The van der Waals surface area contributed by atoms with Crippen LogP contribution in [-0.4, -0.2) is 41.0 Å². The summed E-state index contributed by atoms with van der Waals surface area (Å²) in [6.45, 7) is 3.80. The second-order valence-corrected chi connectivity index (χ2v) is 7.34. The van der Waals surface area contributed by atoms with Crippen LogP contribution in [0.1, 0.15) is 23.4 Å². The van der Waals surface area contributed by atoms with Gasteiger partial charge in [-0.15, -0.1) is 24.0 Å². The molecule has 2 aromatic heterocycles. The normalized spacial score (nSPS) is 11.6. The van der Waals surface area contributed by atoms with Gasteiger partial charge >= 0.3 is 0 Å². The standard InChI is InChI=1S/C23H28N6.HI/c1-16-9-10-18-17(15-27-21(18)14-16)11-13-26-23(24-2)25-12-5-8-22-28-19-6-3-4-7-20(19)29-22;/h3-4,6-7,9-10,14-15,27H,5,8,11-13H2,1-2H3,(H,28,29)(H2,24,25,26);1H. The van der Waals surface area contributed by atoms with Gasteiger partial charge in [0.1, 0.15) is 5.82 Å². The Hall–Kier alpha value is -2.55. The third kappa shape index (κ3) is 5.33. The van der Waals surface area contributed by atoms with E-state index in [1.165, 1.54) is 22.0 Å². The Kier molecular flexibility index (Phi) is 7.73. The summed E-state index contributed by atoms with van der Waals surface area (Å²) in [7, 11) is 1.81. The van der Waals surface area contributed by atoms with Crippen molar-refractivity contribution in [2.45, 2.75) is 26.2 Å². The number of fused-ring (bicyclic) bond motifs is 2. The number of nitrogens with one attached hydrogen (secondary N) is 4. The second-order valence-electron chi connectivity index (χ2n) is 7.34. The van der Waals surface area contributed by atoms with Crippen LogP contribution >= 0.6 is 24.0 Å². The van der Waals surface area contributed by atoms with Gasteiger partial charge in [-0.3, -0.25) is 4.99 Å². The van der Waals surface area contributed by atoms with Crippen LogP contribution in [0.3, 0.4) is 0 Å². The minimum Gasteiger partial charge on any atom is -0.361 e. The first-order valence-electron chi connectivity index (χ1n) is 10.2. The lowest BCUT2D eigenvalue weighted by molar-refractivity contribution is 0.724. The fraction of sp³-hybridized carbons (Fsp3) is 0.304. The van der Waals surface area contributed by atoms with Gasteiger partial charge < -0.3 is 20.6 Å². The predicted octanol–water partition coefficient (Wildman–Crippen LogP) is 4.31. The molecule has 2 heterocycles. The van der Waals surface area contributed by atoms with Crippen molar-refractivity contribution in [3.8, 4) is 0 Å². The maximum absolute atomic E-state index is 4.63. The van der Waals surface area contributed by atoms with E-state index in [0.29, 0.717) is 0 Å². The Morgan fingerprint density at radius 1 is 1.03 bits per heavy atom. The molecule has 158 valence electrons. The maximum atomic E-state index is 4.63. The molecule has 4 rings (SSSR count). The van der Waals surface area contributed by atoms with Crippen LogP contribution in [0.25, 0.3) is 21.9 Å². The van der Waals surface area contributed by atoms with Crippen LogP contribution in [0.15, 0.2) is 53.7 Å². The summed E-state index contributed by atoms with van der Waals surface area (Å²) in [5.74, 6) is 1.87. The summed E-state index contributed by atoms with van der Waals surface area (Å²) in [5.41, 5.74) is 5.93. The molecule has 0 radical (unpaired) electrons. The van der Waals surface area contributed by atoms with Crippen molar-refractivity contribution < 1.29 is 0 Å². The number of H-pyrrole nitrogens is 2. The number of hydrogen-bond acceptors (Lipinski definition) is 2. The molecular weight excluding hydrogens is 487 g/mol. The monoisotopic (exact) mass is 516 g/mol. The number of nitrogens with zero attached hydrogens (tertiary/aromatic N) is 2. The van der Waals surface area contributed by atoms with Gasteiger partial charge in [0.15, 0.2) is 5.96 Å². The van der Waals surface area contributed by atoms with Crippen LogP contribution < -0.4 is 10.6 Å². The molecule has 0 saturated heterocycles. The van der Waals surface area contributed by atoms with Gasteiger partial charge in [0.2, 0.25) is 0 Å². The van der Waals surface area contributed by atoms with E-state index in [9.17, 15) is 0 Å². The number of guanidine groups is 1. The summed E-state index contributed by atoms with van der Waals surface area (Å²) in [4.78, 5) is 15.7. The van der Waals surface area contributed by atoms with E-state index in [0.717, 1.165) is 55.2 Å². The molecule has 7 heteroatoms. The van der Waals surface area contributed by atoms with E-state index < -0.39 is 0 Å². The number of aryl methyl sites for hydroxylation is 2. The molecular formula is C23H29IN6. The van der Waals surface area contributed by atoms with E-state index in [-0.39, 0.29) is 24.0 Å². The zero-order chi connectivity index (χ0) is 20.1. The highest BCUT2D eigenvalue weighted by atomic mass is 127. The number of halogens is 1. The Morgan fingerprint density at radius 2 is 1.87 bits per heavy atom. The lowest BCUT2D eigenvalue weighted by atomic mass is 10.1. The third-order valence-corrected chi connectivity index (χ3v) is 5.15. The van der Waals surface area contributed by atoms with Gasteiger partial charge in [0.05, 0.1) is 11.0 Å². The van der Waals surface area contributed by atoms with Gasteiger partial charge in [0.25, 0.3) is 0 Å². The fourth-order valence-corrected chi connectivity index (χ4v) is 3.63. The van der Waals surface area contributed by atoms with E-state index >= 15 is 0 Å². The molecule has 0 aliphatic rings. The highest BCUT2D eigenvalue weighted by molar-refractivity contribution is 14.0. The van der Waals surface area contributed by atoms with E-state index in [1.807, 2.05) is 25.2 Å². The van der Waals surface area contributed by atoms with Crippen molar-refractivity contribution in [2.75, 3.05) is 20.1 Å². The SMILES string of the molecule is CN=C(NCCCc1nc2ccccc2[nH]1)NCCc1c[nH]c2cc(C)ccc12.I. The first-order chi connectivity index (χ1) is 14.2. The fourth-order valence-electron chi connectivity index (χ4n) is 3.63. The number of rotatable bonds is 7.